The van der Waals surface area contributed by atoms with E-state index in [-0.39, 0.29) is 0 Å². The fraction of sp³-hybridized carbons (Fsp3) is 0.647. The third kappa shape index (κ3) is 3.81. The fourth-order valence-electron chi connectivity index (χ4n) is 3.60. The van der Waals surface area contributed by atoms with Crippen LogP contribution in [0.1, 0.15) is 37.7 Å². The number of piperidine rings is 1. The van der Waals surface area contributed by atoms with E-state index in [1.807, 2.05) is 0 Å². The molecule has 0 radical (unpaired) electrons. The van der Waals surface area contributed by atoms with Crippen molar-refractivity contribution in [3.63, 3.8) is 0 Å². The molecule has 2 atom stereocenters. The van der Waals surface area contributed by atoms with Crippen LogP contribution in [-0.2, 0) is 6.54 Å². The Morgan fingerprint density at radius 3 is 2.40 bits per heavy atom. The van der Waals surface area contributed by atoms with Crippen LogP contribution < -0.4 is 11.1 Å². The second-order valence-electron chi connectivity index (χ2n) is 6.47. The van der Waals surface area contributed by atoms with Gasteiger partial charge in [0.15, 0.2) is 0 Å². The lowest BCUT2D eigenvalue weighted by atomic mass is 10.0. The lowest BCUT2D eigenvalue weighted by Crippen LogP contribution is -2.45. The summed E-state index contributed by atoms with van der Waals surface area (Å²) < 4.78 is 0. The van der Waals surface area contributed by atoms with Gasteiger partial charge in [-0.3, -0.25) is 4.90 Å². The molecule has 1 saturated heterocycles. The van der Waals surface area contributed by atoms with E-state index in [1.54, 1.807) is 0 Å². The normalized spacial score (nSPS) is 28.9. The number of rotatable bonds is 4. The van der Waals surface area contributed by atoms with E-state index in [0.29, 0.717) is 18.1 Å². The highest BCUT2D eigenvalue weighted by molar-refractivity contribution is 5.14. The SMILES string of the molecule is NC1CCC(NC2CCN(Cc3ccccc3)CC2)C1. The maximum atomic E-state index is 5.99. The Morgan fingerprint density at radius 2 is 1.75 bits per heavy atom. The molecule has 0 bridgehead atoms. The summed E-state index contributed by atoms with van der Waals surface area (Å²) in [4.78, 5) is 2.58. The first-order valence-electron chi connectivity index (χ1n) is 8.07. The van der Waals surface area contributed by atoms with E-state index >= 15 is 0 Å². The molecule has 0 aromatic heterocycles. The molecule has 2 aliphatic rings. The van der Waals surface area contributed by atoms with Crippen LogP contribution in [0.2, 0.25) is 0 Å². The van der Waals surface area contributed by atoms with Gasteiger partial charge in [-0.15, -0.1) is 0 Å². The van der Waals surface area contributed by atoms with E-state index in [2.05, 4.69) is 40.5 Å². The number of hydrogen-bond donors (Lipinski definition) is 2. The first-order chi connectivity index (χ1) is 9.79. The summed E-state index contributed by atoms with van der Waals surface area (Å²) >= 11 is 0. The summed E-state index contributed by atoms with van der Waals surface area (Å²) in [6.07, 6.45) is 6.19. The van der Waals surface area contributed by atoms with Crippen molar-refractivity contribution in [1.82, 2.24) is 10.2 Å². The van der Waals surface area contributed by atoms with Gasteiger partial charge in [-0.25, -0.2) is 0 Å². The number of likely N-dealkylation sites (tertiary alicyclic amines) is 1. The highest BCUT2D eigenvalue weighted by atomic mass is 15.1. The minimum atomic E-state index is 0.436. The van der Waals surface area contributed by atoms with Crippen molar-refractivity contribution in [2.45, 2.75) is 56.8 Å². The predicted molar refractivity (Wildman–Crippen MR) is 83.5 cm³/mol. The molecular weight excluding hydrogens is 246 g/mol. The van der Waals surface area contributed by atoms with Crippen molar-refractivity contribution in [2.75, 3.05) is 13.1 Å². The van der Waals surface area contributed by atoms with Gasteiger partial charge in [-0.05, 0) is 50.8 Å². The molecule has 0 amide bonds. The Kier molecular flexibility index (Phi) is 4.71. The minimum Gasteiger partial charge on any atom is -0.328 e. The minimum absolute atomic E-state index is 0.436. The number of benzene rings is 1. The number of nitrogens with zero attached hydrogens (tertiary/aromatic N) is 1. The second-order valence-corrected chi connectivity index (χ2v) is 6.47. The molecule has 0 spiro atoms. The molecule has 1 aliphatic heterocycles. The summed E-state index contributed by atoms with van der Waals surface area (Å²) in [7, 11) is 0. The summed E-state index contributed by atoms with van der Waals surface area (Å²) in [6, 6.07) is 12.6. The highest BCUT2D eigenvalue weighted by Gasteiger charge is 2.26. The smallest absolute Gasteiger partial charge is 0.0233 e. The molecule has 3 rings (SSSR count). The van der Waals surface area contributed by atoms with E-state index in [0.717, 1.165) is 6.54 Å². The molecule has 1 heterocycles. The summed E-state index contributed by atoms with van der Waals surface area (Å²) in [5, 5.41) is 3.83. The van der Waals surface area contributed by atoms with Crippen molar-refractivity contribution < 1.29 is 0 Å². The second kappa shape index (κ2) is 6.70. The predicted octanol–water partition coefficient (Wildman–Crippen LogP) is 2.12. The topological polar surface area (TPSA) is 41.3 Å². The average molecular weight is 273 g/mol. The fourth-order valence-corrected chi connectivity index (χ4v) is 3.60. The Balaban J connectivity index is 1.41. The van der Waals surface area contributed by atoms with Gasteiger partial charge in [0.05, 0.1) is 0 Å². The zero-order chi connectivity index (χ0) is 13.8. The van der Waals surface area contributed by atoms with Gasteiger partial charge in [-0.1, -0.05) is 30.3 Å². The molecule has 3 heteroatoms. The number of hydrogen-bond acceptors (Lipinski definition) is 3. The Bertz CT molecular complexity index is 398. The van der Waals surface area contributed by atoms with Gasteiger partial charge in [-0.2, -0.15) is 0 Å². The Morgan fingerprint density at radius 1 is 1.00 bits per heavy atom. The lowest BCUT2D eigenvalue weighted by molar-refractivity contribution is 0.184. The number of nitrogens with two attached hydrogens (primary N) is 1. The average Bonchev–Trinajstić information content (AvgIpc) is 2.88. The molecule has 2 fully saturated rings. The molecule has 3 nitrogen and oxygen atoms in total. The molecule has 1 aromatic carbocycles. The first kappa shape index (κ1) is 14.1. The van der Waals surface area contributed by atoms with E-state index < -0.39 is 0 Å². The molecule has 1 aromatic rings. The summed E-state index contributed by atoms with van der Waals surface area (Å²) in [6.45, 7) is 3.53. The molecule has 3 N–H and O–H groups in total. The molecule has 1 aliphatic carbocycles. The Hall–Kier alpha value is -0.900. The van der Waals surface area contributed by atoms with Gasteiger partial charge in [0.1, 0.15) is 0 Å². The van der Waals surface area contributed by atoms with Gasteiger partial charge < -0.3 is 11.1 Å². The molecule has 110 valence electrons. The van der Waals surface area contributed by atoms with Crippen molar-refractivity contribution >= 4 is 0 Å². The summed E-state index contributed by atoms with van der Waals surface area (Å²) in [5.41, 5.74) is 7.42. The highest BCUT2D eigenvalue weighted by Crippen LogP contribution is 2.20. The zero-order valence-electron chi connectivity index (χ0n) is 12.3. The first-order valence-corrected chi connectivity index (χ1v) is 8.07. The van der Waals surface area contributed by atoms with Gasteiger partial charge >= 0.3 is 0 Å². The van der Waals surface area contributed by atoms with E-state index in [4.69, 9.17) is 5.73 Å². The van der Waals surface area contributed by atoms with Crippen LogP contribution in [0.25, 0.3) is 0 Å². The standard InChI is InChI=1S/C17H27N3/c18-15-6-7-17(12-15)19-16-8-10-20(11-9-16)13-14-4-2-1-3-5-14/h1-5,15-17,19H,6-13,18H2. The lowest BCUT2D eigenvalue weighted by Gasteiger charge is -2.34. The maximum Gasteiger partial charge on any atom is 0.0233 e. The molecular formula is C17H27N3. The molecule has 2 unspecified atom stereocenters. The third-order valence-electron chi connectivity index (χ3n) is 4.78. The molecule has 1 saturated carbocycles. The van der Waals surface area contributed by atoms with Crippen molar-refractivity contribution in [3.05, 3.63) is 35.9 Å². The van der Waals surface area contributed by atoms with E-state index in [9.17, 15) is 0 Å². The van der Waals surface area contributed by atoms with Gasteiger partial charge in [0.25, 0.3) is 0 Å². The monoisotopic (exact) mass is 273 g/mol. The quantitative estimate of drug-likeness (QED) is 0.883. The van der Waals surface area contributed by atoms with Gasteiger partial charge in [0, 0.05) is 24.7 Å². The van der Waals surface area contributed by atoms with Crippen LogP contribution in [0.4, 0.5) is 0 Å². The largest absolute Gasteiger partial charge is 0.328 e. The maximum absolute atomic E-state index is 5.99. The van der Waals surface area contributed by atoms with Crippen LogP contribution in [-0.4, -0.2) is 36.1 Å². The van der Waals surface area contributed by atoms with Crippen LogP contribution >= 0.6 is 0 Å². The van der Waals surface area contributed by atoms with Gasteiger partial charge in [0.2, 0.25) is 0 Å². The van der Waals surface area contributed by atoms with Crippen LogP contribution in [0.5, 0.6) is 0 Å². The van der Waals surface area contributed by atoms with E-state index in [1.165, 1.54) is 50.8 Å². The van der Waals surface area contributed by atoms with Crippen molar-refractivity contribution in [1.29, 1.82) is 0 Å². The van der Waals surface area contributed by atoms with Crippen LogP contribution in [0.15, 0.2) is 30.3 Å². The van der Waals surface area contributed by atoms with Crippen LogP contribution in [0, 0.1) is 0 Å². The third-order valence-corrected chi connectivity index (χ3v) is 4.78. The van der Waals surface area contributed by atoms with Crippen LogP contribution in [0.3, 0.4) is 0 Å². The Labute approximate surface area is 122 Å². The van der Waals surface area contributed by atoms with Crippen molar-refractivity contribution in [2.24, 2.45) is 5.73 Å². The zero-order valence-corrected chi connectivity index (χ0v) is 12.3. The van der Waals surface area contributed by atoms with Crippen molar-refractivity contribution in [3.8, 4) is 0 Å². The number of nitrogens with one attached hydrogen (secondary N) is 1. The summed E-state index contributed by atoms with van der Waals surface area (Å²) in [5.74, 6) is 0. The molecule has 20 heavy (non-hydrogen) atoms.